The van der Waals surface area contributed by atoms with Gasteiger partial charge in [-0.25, -0.2) is 4.98 Å². The molecule has 2 heterocycles. The lowest BCUT2D eigenvalue weighted by molar-refractivity contribution is -0.115. The number of nitrogens with one attached hydrogen (secondary N) is 1. The molecule has 3 rings (SSSR count). The number of carbonyl (C=O) groups is 1. The molecule has 1 atom stereocenters. The van der Waals surface area contributed by atoms with Gasteiger partial charge in [-0.3, -0.25) is 4.79 Å². The zero-order valence-corrected chi connectivity index (χ0v) is 15.3. The smallest absolute Gasteiger partial charge is 0.243 e. The van der Waals surface area contributed by atoms with Crippen molar-refractivity contribution in [2.24, 2.45) is 0 Å². The lowest BCUT2D eigenvalue weighted by Crippen LogP contribution is -2.19. The fourth-order valence-electron chi connectivity index (χ4n) is 2.19. The second kappa shape index (κ2) is 8.43. The van der Waals surface area contributed by atoms with Gasteiger partial charge in [0.15, 0.2) is 0 Å². The van der Waals surface area contributed by atoms with Crippen molar-refractivity contribution in [1.82, 2.24) is 4.98 Å². The summed E-state index contributed by atoms with van der Waals surface area (Å²) in [6, 6.07) is 14.2. The standard InChI is InChI=1S/C18H14Cl2N2O2S/c19-14-7-6-12(10-15(14)20)17(25-11-13-4-3-9-24-13)18(23)22-16-5-1-2-8-21-16/h1-10,17H,11H2,(H,21,22,23). The molecule has 0 aliphatic heterocycles. The Morgan fingerprint density at radius 3 is 2.72 bits per heavy atom. The Labute approximate surface area is 159 Å². The molecule has 3 aromatic rings. The number of pyridine rings is 1. The van der Waals surface area contributed by atoms with Gasteiger partial charge in [0, 0.05) is 6.20 Å². The summed E-state index contributed by atoms with van der Waals surface area (Å²) >= 11 is 13.5. The Hall–Kier alpha value is -1.95. The molecule has 0 spiro atoms. The topological polar surface area (TPSA) is 55.1 Å². The summed E-state index contributed by atoms with van der Waals surface area (Å²) in [7, 11) is 0. The summed E-state index contributed by atoms with van der Waals surface area (Å²) in [5.74, 6) is 1.65. The Morgan fingerprint density at radius 2 is 2.04 bits per heavy atom. The average molecular weight is 393 g/mol. The van der Waals surface area contributed by atoms with Crippen LogP contribution in [0, 0.1) is 0 Å². The van der Waals surface area contributed by atoms with Crippen LogP contribution >= 0.6 is 35.0 Å². The molecule has 4 nitrogen and oxygen atoms in total. The van der Waals surface area contributed by atoms with Gasteiger partial charge in [-0.2, -0.15) is 0 Å². The SMILES string of the molecule is O=C(Nc1ccccn1)C(SCc1ccco1)c1ccc(Cl)c(Cl)c1. The van der Waals surface area contributed by atoms with Crippen molar-refractivity contribution >= 4 is 46.7 Å². The molecule has 7 heteroatoms. The molecule has 0 aliphatic carbocycles. The first kappa shape index (κ1) is 17.9. The van der Waals surface area contributed by atoms with Crippen LogP contribution in [0.5, 0.6) is 0 Å². The third-order valence-corrected chi connectivity index (χ3v) is 5.38. The van der Waals surface area contributed by atoms with Gasteiger partial charge in [-0.1, -0.05) is 35.3 Å². The molecule has 1 aromatic carbocycles. The van der Waals surface area contributed by atoms with Gasteiger partial charge >= 0.3 is 0 Å². The van der Waals surface area contributed by atoms with Crippen LogP contribution in [-0.2, 0) is 10.5 Å². The highest BCUT2D eigenvalue weighted by Crippen LogP contribution is 2.35. The van der Waals surface area contributed by atoms with Crippen molar-refractivity contribution in [3.63, 3.8) is 0 Å². The van der Waals surface area contributed by atoms with Gasteiger partial charge < -0.3 is 9.73 Å². The summed E-state index contributed by atoms with van der Waals surface area (Å²) in [5, 5.41) is 3.20. The van der Waals surface area contributed by atoms with Gasteiger partial charge in [0.2, 0.25) is 5.91 Å². The highest BCUT2D eigenvalue weighted by atomic mass is 35.5. The van der Waals surface area contributed by atoms with Crippen LogP contribution in [0.3, 0.4) is 0 Å². The second-order valence-corrected chi connectivity index (χ2v) is 7.06. The van der Waals surface area contributed by atoms with E-state index in [-0.39, 0.29) is 5.91 Å². The number of hydrogen-bond acceptors (Lipinski definition) is 4. The third kappa shape index (κ3) is 4.78. The van der Waals surface area contributed by atoms with E-state index in [2.05, 4.69) is 10.3 Å². The van der Waals surface area contributed by atoms with Crippen LogP contribution in [-0.4, -0.2) is 10.9 Å². The van der Waals surface area contributed by atoms with E-state index in [1.165, 1.54) is 11.8 Å². The number of rotatable bonds is 6. The maximum Gasteiger partial charge on any atom is 0.243 e. The Kier molecular flexibility index (Phi) is 6.02. The first-order valence-electron chi connectivity index (χ1n) is 7.44. The number of anilines is 1. The normalized spacial score (nSPS) is 11.9. The largest absolute Gasteiger partial charge is 0.468 e. The van der Waals surface area contributed by atoms with Crippen molar-refractivity contribution in [2.45, 2.75) is 11.0 Å². The number of benzene rings is 1. The maximum atomic E-state index is 12.8. The molecule has 0 fully saturated rings. The summed E-state index contributed by atoms with van der Waals surface area (Å²) in [5.41, 5.74) is 0.763. The molecular weight excluding hydrogens is 379 g/mol. The van der Waals surface area contributed by atoms with Crippen LogP contribution in [0.25, 0.3) is 0 Å². The molecule has 25 heavy (non-hydrogen) atoms. The minimum Gasteiger partial charge on any atom is -0.468 e. The number of amides is 1. The maximum absolute atomic E-state index is 12.8. The highest BCUT2D eigenvalue weighted by molar-refractivity contribution is 7.99. The van der Waals surface area contributed by atoms with Crippen LogP contribution in [0.15, 0.2) is 65.4 Å². The number of aromatic nitrogens is 1. The zero-order valence-electron chi connectivity index (χ0n) is 13.0. The number of halogens is 2. The van der Waals surface area contributed by atoms with Gasteiger partial charge in [0.05, 0.1) is 22.1 Å². The van der Waals surface area contributed by atoms with E-state index in [0.29, 0.717) is 21.6 Å². The lowest BCUT2D eigenvalue weighted by atomic mass is 10.1. The molecular formula is C18H14Cl2N2O2S. The third-order valence-electron chi connectivity index (χ3n) is 3.37. The fraction of sp³-hybridized carbons (Fsp3) is 0.111. The molecule has 1 amide bonds. The molecule has 0 aliphatic rings. The number of thioether (sulfide) groups is 1. The Morgan fingerprint density at radius 1 is 1.16 bits per heavy atom. The monoisotopic (exact) mass is 392 g/mol. The van der Waals surface area contributed by atoms with Crippen molar-refractivity contribution in [1.29, 1.82) is 0 Å². The molecule has 1 N–H and O–H groups in total. The van der Waals surface area contributed by atoms with E-state index in [1.807, 2.05) is 18.2 Å². The minimum absolute atomic E-state index is 0.186. The summed E-state index contributed by atoms with van der Waals surface area (Å²) in [6.07, 6.45) is 3.23. The highest BCUT2D eigenvalue weighted by Gasteiger charge is 2.23. The van der Waals surface area contributed by atoms with Gasteiger partial charge in [-0.15, -0.1) is 11.8 Å². The lowest BCUT2D eigenvalue weighted by Gasteiger charge is -2.17. The first-order chi connectivity index (χ1) is 12.1. The van der Waals surface area contributed by atoms with Gasteiger partial charge in [-0.05, 0) is 42.0 Å². The van der Waals surface area contributed by atoms with Crippen LogP contribution < -0.4 is 5.32 Å². The van der Waals surface area contributed by atoms with Crippen LogP contribution in [0.4, 0.5) is 5.82 Å². The van der Waals surface area contributed by atoms with E-state index >= 15 is 0 Å². The van der Waals surface area contributed by atoms with Gasteiger partial charge in [0.25, 0.3) is 0 Å². The summed E-state index contributed by atoms with van der Waals surface area (Å²) < 4.78 is 5.35. The molecule has 2 aromatic heterocycles. The van der Waals surface area contributed by atoms with E-state index in [0.717, 1.165) is 11.3 Å². The molecule has 128 valence electrons. The Bertz CT molecular complexity index is 842. The molecule has 0 saturated heterocycles. The molecule has 0 bridgehead atoms. The van der Waals surface area contributed by atoms with Crippen LogP contribution in [0.1, 0.15) is 16.6 Å². The predicted octanol–water partition coefficient (Wildman–Crippen LogP) is 5.59. The fourth-order valence-corrected chi connectivity index (χ4v) is 3.54. The molecule has 0 saturated carbocycles. The number of hydrogen-bond donors (Lipinski definition) is 1. The zero-order chi connectivity index (χ0) is 17.6. The van der Waals surface area contributed by atoms with Crippen molar-refractivity contribution in [3.8, 4) is 0 Å². The van der Waals surface area contributed by atoms with E-state index in [9.17, 15) is 4.79 Å². The number of furan rings is 1. The number of nitrogens with zero attached hydrogens (tertiary/aromatic N) is 1. The predicted molar refractivity (Wildman–Crippen MR) is 102 cm³/mol. The van der Waals surface area contributed by atoms with E-state index < -0.39 is 5.25 Å². The molecule has 1 unspecified atom stereocenters. The molecule has 0 radical (unpaired) electrons. The summed E-state index contributed by atoms with van der Waals surface area (Å²) in [4.78, 5) is 16.9. The van der Waals surface area contributed by atoms with Crippen molar-refractivity contribution in [3.05, 3.63) is 82.4 Å². The minimum atomic E-state index is -0.484. The number of carbonyl (C=O) groups excluding carboxylic acids is 1. The second-order valence-electron chi connectivity index (χ2n) is 5.15. The first-order valence-corrected chi connectivity index (χ1v) is 9.25. The summed E-state index contributed by atoms with van der Waals surface area (Å²) in [6.45, 7) is 0. The van der Waals surface area contributed by atoms with Crippen molar-refractivity contribution in [2.75, 3.05) is 5.32 Å². The van der Waals surface area contributed by atoms with Crippen LogP contribution in [0.2, 0.25) is 10.0 Å². The van der Waals surface area contributed by atoms with Crippen molar-refractivity contribution < 1.29 is 9.21 Å². The van der Waals surface area contributed by atoms with E-state index in [4.69, 9.17) is 27.6 Å². The van der Waals surface area contributed by atoms with Gasteiger partial charge in [0.1, 0.15) is 16.8 Å². The quantitative estimate of drug-likeness (QED) is 0.593. The Balaban J connectivity index is 1.82. The average Bonchev–Trinajstić information content (AvgIpc) is 3.12. The van der Waals surface area contributed by atoms with E-state index in [1.54, 1.807) is 42.8 Å².